The molecule has 224 valence electrons. The van der Waals surface area contributed by atoms with E-state index in [9.17, 15) is 19.5 Å². The summed E-state index contributed by atoms with van der Waals surface area (Å²) in [6, 6.07) is 6.61. The molecule has 2 aromatic rings. The van der Waals surface area contributed by atoms with Gasteiger partial charge in [0.05, 0.1) is 5.71 Å². The van der Waals surface area contributed by atoms with Crippen LogP contribution in [0.25, 0.3) is 10.9 Å². The van der Waals surface area contributed by atoms with Crippen molar-refractivity contribution in [3.8, 4) is 0 Å². The zero-order valence-electron chi connectivity index (χ0n) is 24.9. The molecule has 1 amide bonds. The summed E-state index contributed by atoms with van der Waals surface area (Å²) in [4.78, 5) is 45.5. The number of carbonyl (C=O) groups excluding carboxylic acids is 2. The number of aliphatic carboxylic acids is 1. The molecule has 0 bridgehead atoms. The van der Waals surface area contributed by atoms with Crippen LogP contribution in [0, 0.1) is 34.5 Å². The van der Waals surface area contributed by atoms with Gasteiger partial charge in [0.25, 0.3) is 5.91 Å². The molecule has 1 aromatic carbocycles. The summed E-state index contributed by atoms with van der Waals surface area (Å²) in [5.41, 5.74) is 4.36. The van der Waals surface area contributed by atoms with E-state index in [1.54, 1.807) is 13.1 Å². The predicted octanol–water partition coefficient (Wildman–Crippen LogP) is 5.82. The maximum absolute atomic E-state index is 12.6. The lowest BCUT2D eigenvalue weighted by atomic mass is 9.46. The van der Waals surface area contributed by atoms with E-state index in [4.69, 9.17) is 4.84 Å². The first-order chi connectivity index (χ1) is 20.1. The van der Waals surface area contributed by atoms with Gasteiger partial charge in [-0.1, -0.05) is 42.8 Å². The van der Waals surface area contributed by atoms with Gasteiger partial charge in [0.15, 0.2) is 6.61 Å². The third-order valence-electron chi connectivity index (χ3n) is 11.6. The summed E-state index contributed by atoms with van der Waals surface area (Å²) in [7, 11) is 0. The predicted molar refractivity (Wildman–Crippen MR) is 161 cm³/mol. The van der Waals surface area contributed by atoms with E-state index in [0.717, 1.165) is 54.3 Å². The van der Waals surface area contributed by atoms with E-state index in [0.29, 0.717) is 23.5 Å². The number of carbonyl (C=O) groups is 3. The number of nitrogens with one attached hydrogen (secondary N) is 2. The van der Waals surface area contributed by atoms with Crippen LogP contribution in [0.4, 0.5) is 0 Å². The minimum Gasteiger partial charge on any atom is -0.480 e. The molecule has 3 N–H and O–H groups in total. The third kappa shape index (κ3) is 4.96. The van der Waals surface area contributed by atoms with E-state index in [1.165, 1.54) is 24.8 Å². The number of H-pyrrole nitrogens is 1. The number of fused-ring (bicyclic) bond motifs is 6. The highest BCUT2D eigenvalue weighted by molar-refractivity contribution is 5.96. The minimum atomic E-state index is -1.09. The lowest BCUT2D eigenvalue weighted by Gasteiger charge is -2.58. The number of benzene rings is 1. The number of nitrogens with zero attached hydrogens (tertiary/aromatic N) is 1. The highest BCUT2D eigenvalue weighted by Crippen LogP contribution is 2.66. The number of hydrogen-bond acceptors (Lipinski definition) is 5. The number of amides is 1. The molecule has 3 fully saturated rings. The molecule has 7 atom stereocenters. The summed E-state index contributed by atoms with van der Waals surface area (Å²) in [6.07, 6.45) is 12.7. The van der Waals surface area contributed by atoms with E-state index < -0.39 is 17.9 Å². The maximum Gasteiger partial charge on any atom is 0.326 e. The van der Waals surface area contributed by atoms with Crippen molar-refractivity contribution in [2.75, 3.05) is 6.61 Å². The molecular formula is C34H43N3O5. The summed E-state index contributed by atoms with van der Waals surface area (Å²) < 4.78 is 0. The third-order valence-corrected chi connectivity index (χ3v) is 11.6. The van der Waals surface area contributed by atoms with Crippen molar-refractivity contribution in [2.24, 2.45) is 39.7 Å². The van der Waals surface area contributed by atoms with Crippen LogP contribution in [0.1, 0.15) is 77.7 Å². The van der Waals surface area contributed by atoms with Crippen LogP contribution in [0.15, 0.2) is 47.3 Å². The van der Waals surface area contributed by atoms with E-state index in [1.807, 2.05) is 24.3 Å². The Bertz CT molecular complexity index is 1460. The average Bonchev–Trinajstić information content (AvgIpc) is 3.53. The number of allylic oxidation sites excluding steroid dienone is 2. The van der Waals surface area contributed by atoms with Crippen LogP contribution < -0.4 is 5.32 Å². The van der Waals surface area contributed by atoms with Crippen molar-refractivity contribution in [3.05, 3.63) is 47.7 Å². The lowest BCUT2D eigenvalue weighted by Crippen LogP contribution is -2.51. The summed E-state index contributed by atoms with van der Waals surface area (Å²) >= 11 is 0. The Balaban J connectivity index is 1.06. The number of carboxylic acid groups (broad SMARTS) is 1. The fourth-order valence-electron chi connectivity index (χ4n) is 9.44. The largest absolute Gasteiger partial charge is 0.480 e. The number of aromatic nitrogens is 1. The first kappa shape index (κ1) is 28.7. The maximum atomic E-state index is 12.6. The smallest absolute Gasteiger partial charge is 0.326 e. The van der Waals surface area contributed by atoms with Crippen molar-refractivity contribution >= 4 is 34.3 Å². The van der Waals surface area contributed by atoms with Crippen LogP contribution in [0.3, 0.4) is 0 Å². The average molecular weight is 574 g/mol. The van der Waals surface area contributed by atoms with Crippen LogP contribution in [0.2, 0.25) is 0 Å². The summed E-state index contributed by atoms with van der Waals surface area (Å²) in [5, 5.41) is 17.6. The number of Topliss-reactive ketones (excluding diaryl/α,β-unsaturated/α-hetero) is 1. The van der Waals surface area contributed by atoms with Gasteiger partial charge in [0.1, 0.15) is 11.8 Å². The van der Waals surface area contributed by atoms with Gasteiger partial charge in [0, 0.05) is 29.4 Å². The van der Waals surface area contributed by atoms with Gasteiger partial charge in [-0.25, -0.2) is 4.79 Å². The lowest BCUT2D eigenvalue weighted by molar-refractivity contribution is -0.142. The molecule has 0 aliphatic heterocycles. The minimum absolute atomic E-state index is 0.145. The van der Waals surface area contributed by atoms with Crippen LogP contribution >= 0.6 is 0 Å². The second-order valence-corrected chi connectivity index (χ2v) is 13.7. The molecule has 7 unspecified atom stereocenters. The van der Waals surface area contributed by atoms with Gasteiger partial charge in [-0.2, -0.15) is 0 Å². The zero-order chi connectivity index (χ0) is 29.6. The topological polar surface area (TPSA) is 121 Å². The molecule has 0 spiro atoms. The van der Waals surface area contributed by atoms with Crippen LogP contribution in [-0.4, -0.2) is 46.1 Å². The number of para-hydroxylation sites is 1. The van der Waals surface area contributed by atoms with E-state index in [2.05, 4.69) is 35.4 Å². The second kappa shape index (κ2) is 11.0. The van der Waals surface area contributed by atoms with Crippen molar-refractivity contribution in [3.63, 3.8) is 0 Å². The summed E-state index contributed by atoms with van der Waals surface area (Å²) in [5.74, 6) is 0.967. The van der Waals surface area contributed by atoms with Crippen molar-refractivity contribution in [1.82, 2.24) is 10.3 Å². The molecule has 1 heterocycles. The van der Waals surface area contributed by atoms with Gasteiger partial charge >= 0.3 is 5.97 Å². The van der Waals surface area contributed by atoms with Gasteiger partial charge < -0.3 is 20.2 Å². The van der Waals surface area contributed by atoms with Crippen molar-refractivity contribution in [1.29, 1.82) is 0 Å². The fourth-order valence-corrected chi connectivity index (χ4v) is 9.44. The van der Waals surface area contributed by atoms with Crippen LogP contribution in [0.5, 0.6) is 0 Å². The summed E-state index contributed by atoms with van der Waals surface area (Å²) in [6.45, 7) is 6.28. The molecule has 4 aliphatic carbocycles. The Labute approximate surface area is 247 Å². The first-order valence-corrected chi connectivity index (χ1v) is 15.6. The zero-order valence-corrected chi connectivity index (χ0v) is 24.9. The van der Waals surface area contributed by atoms with Crippen molar-refractivity contribution in [2.45, 2.75) is 84.6 Å². The van der Waals surface area contributed by atoms with Gasteiger partial charge in [-0.3, -0.25) is 9.59 Å². The Morgan fingerprint density at radius 2 is 1.90 bits per heavy atom. The van der Waals surface area contributed by atoms with Gasteiger partial charge in [-0.05, 0) is 105 Å². The number of oxime groups is 1. The molecule has 4 aliphatic rings. The highest BCUT2D eigenvalue weighted by atomic mass is 16.6. The quantitative estimate of drug-likeness (QED) is 0.344. The Kier molecular flexibility index (Phi) is 7.52. The van der Waals surface area contributed by atoms with E-state index >= 15 is 0 Å². The van der Waals surface area contributed by atoms with Gasteiger partial charge in [-0.15, -0.1) is 0 Å². The van der Waals surface area contributed by atoms with E-state index in [-0.39, 0.29) is 29.8 Å². The Morgan fingerprint density at radius 3 is 2.69 bits per heavy atom. The van der Waals surface area contributed by atoms with Gasteiger partial charge in [0.2, 0.25) is 0 Å². The normalized spacial score (nSPS) is 33.7. The molecule has 0 radical (unpaired) electrons. The molecule has 0 saturated heterocycles. The molecule has 1 aromatic heterocycles. The number of rotatable bonds is 8. The first-order valence-electron chi connectivity index (χ1n) is 15.6. The standard InChI is InChI=1S/C34H43N3O5/c1-20(38)26-10-11-27-25-9-8-22-17-23(12-14-33(22,2)28(25)13-15-34(26,27)3)37-42-19-31(39)36-30(32(40)41)16-21-18-35-29-7-5-4-6-24(21)29/h4-7,17-18,25-28,30,35H,8-16,19H2,1-3H3,(H,36,39)(H,40,41). The monoisotopic (exact) mass is 573 g/mol. The van der Waals surface area contributed by atoms with Crippen LogP contribution in [-0.2, 0) is 25.6 Å². The highest BCUT2D eigenvalue weighted by Gasteiger charge is 2.59. The molecule has 42 heavy (non-hydrogen) atoms. The molecule has 8 heteroatoms. The fraction of sp³-hybridized carbons (Fsp3) is 0.588. The molecule has 3 saturated carbocycles. The Morgan fingerprint density at radius 1 is 1.10 bits per heavy atom. The number of ketones is 1. The number of aromatic amines is 1. The Hall–Kier alpha value is -3.42. The number of carboxylic acids is 1. The molecule has 8 nitrogen and oxygen atoms in total. The second-order valence-electron chi connectivity index (χ2n) is 13.7. The SMILES string of the molecule is CC(=O)C1CCC2C3CCC4=CC(=NOCC(=O)NC(Cc5c[nH]c6ccccc56)C(=O)O)CCC4(C)C3CCC12C. The number of hydrogen-bond donors (Lipinski definition) is 3. The molecule has 6 rings (SSSR count). The molecular weight excluding hydrogens is 530 g/mol. The van der Waals surface area contributed by atoms with Crippen molar-refractivity contribution < 1.29 is 24.3 Å².